The molecule has 1 aliphatic heterocycles. The van der Waals surface area contributed by atoms with Crippen LogP contribution in [-0.2, 0) is 16.1 Å². The van der Waals surface area contributed by atoms with Crippen molar-refractivity contribution in [3.05, 3.63) is 56.3 Å². The summed E-state index contributed by atoms with van der Waals surface area (Å²) >= 11 is 1.51. The number of benzene rings is 1. The summed E-state index contributed by atoms with van der Waals surface area (Å²) in [6.45, 7) is 3.54. The lowest BCUT2D eigenvalue weighted by Crippen LogP contribution is -2.34. The van der Waals surface area contributed by atoms with Crippen LogP contribution >= 0.6 is 11.3 Å². The second-order valence-electron chi connectivity index (χ2n) is 7.09. The molecule has 0 saturated carbocycles. The molecule has 1 N–H and O–H groups in total. The van der Waals surface area contributed by atoms with Gasteiger partial charge in [0.15, 0.2) is 6.61 Å². The Balaban J connectivity index is 1.62. The number of esters is 1. The number of nitrogens with zero attached hydrogens (tertiary/aromatic N) is 2. The summed E-state index contributed by atoms with van der Waals surface area (Å²) in [4.78, 5) is 38.1. The van der Waals surface area contributed by atoms with Crippen molar-refractivity contribution in [3.8, 4) is 0 Å². The molecule has 1 aromatic carbocycles. The average Bonchev–Trinajstić information content (AvgIpc) is 3.23. The van der Waals surface area contributed by atoms with E-state index in [9.17, 15) is 19.7 Å². The highest BCUT2D eigenvalue weighted by molar-refractivity contribution is 7.09. The molecule has 1 fully saturated rings. The number of nitro benzene ring substituents is 1. The van der Waals surface area contributed by atoms with Crippen LogP contribution in [0, 0.1) is 16.0 Å². The number of thiophene rings is 1. The Morgan fingerprint density at radius 2 is 2.21 bits per heavy atom. The van der Waals surface area contributed by atoms with Crippen molar-refractivity contribution in [3.63, 3.8) is 0 Å². The van der Waals surface area contributed by atoms with Crippen LogP contribution in [0.1, 0.15) is 35.0 Å². The molecule has 0 radical (unpaired) electrons. The second-order valence-corrected chi connectivity index (χ2v) is 8.12. The molecule has 2 aromatic rings. The van der Waals surface area contributed by atoms with Crippen LogP contribution in [0.2, 0.25) is 0 Å². The van der Waals surface area contributed by atoms with Crippen molar-refractivity contribution in [2.24, 2.45) is 5.92 Å². The summed E-state index contributed by atoms with van der Waals surface area (Å²) in [5.41, 5.74) is 0.430. The number of anilines is 1. The molecule has 0 bridgehead atoms. The molecule has 0 spiro atoms. The topological polar surface area (TPSA) is 102 Å². The SMILES string of the molecule is C[C@H]1CCCN(c2ccc(C(=O)OCC(=O)NCc3cccs3)cc2[N+](=O)[O-])C1. The van der Waals surface area contributed by atoms with E-state index in [4.69, 9.17) is 4.74 Å². The van der Waals surface area contributed by atoms with Crippen molar-refractivity contribution >= 4 is 34.6 Å². The number of piperidine rings is 1. The number of hydrogen-bond acceptors (Lipinski definition) is 7. The fourth-order valence-electron chi connectivity index (χ4n) is 3.34. The van der Waals surface area contributed by atoms with Crippen LogP contribution in [0.5, 0.6) is 0 Å². The van der Waals surface area contributed by atoms with E-state index in [1.54, 1.807) is 6.07 Å². The third-order valence-corrected chi connectivity index (χ3v) is 5.66. The van der Waals surface area contributed by atoms with Crippen LogP contribution < -0.4 is 10.2 Å². The molecule has 9 heteroatoms. The van der Waals surface area contributed by atoms with Gasteiger partial charge in [0, 0.05) is 24.0 Å². The maximum atomic E-state index is 12.3. The number of hydrogen-bond donors (Lipinski definition) is 1. The number of amides is 1. The van der Waals surface area contributed by atoms with Crippen molar-refractivity contribution in [2.45, 2.75) is 26.3 Å². The van der Waals surface area contributed by atoms with Gasteiger partial charge in [0.05, 0.1) is 17.0 Å². The first-order valence-electron chi connectivity index (χ1n) is 9.43. The van der Waals surface area contributed by atoms with Gasteiger partial charge in [-0.15, -0.1) is 11.3 Å². The van der Waals surface area contributed by atoms with Gasteiger partial charge >= 0.3 is 5.97 Å². The van der Waals surface area contributed by atoms with Crippen LogP contribution in [0.4, 0.5) is 11.4 Å². The van der Waals surface area contributed by atoms with Gasteiger partial charge in [0.1, 0.15) is 5.69 Å². The number of nitro groups is 1. The predicted octanol–water partition coefficient (Wildman–Crippen LogP) is 3.37. The third-order valence-electron chi connectivity index (χ3n) is 4.78. The monoisotopic (exact) mass is 417 g/mol. The first-order valence-corrected chi connectivity index (χ1v) is 10.3. The minimum atomic E-state index is -0.766. The van der Waals surface area contributed by atoms with E-state index in [1.807, 2.05) is 22.4 Å². The lowest BCUT2D eigenvalue weighted by Gasteiger charge is -2.32. The highest BCUT2D eigenvalue weighted by Crippen LogP contribution is 2.32. The van der Waals surface area contributed by atoms with Gasteiger partial charge in [-0.25, -0.2) is 4.79 Å². The number of carbonyl (C=O) groups is 2. The van der Waals surface area contributed by atoms with E-state index in [-0.39, 0.29) is 11.3 Å². The number of nitrogens with one attached hydrogen (secondary N) is 1. The van der Waals surface area contributed by atoms with Gasteiger partial charge in [-0.3, -0.25) is 14.9 Å². The van der Waals surface area contributed by atoms with E-state index in [0.29, 0.717) is 18.2 Å². The Kier molecular flexibility index (Phi) is 6.82. The number of ether oxygens (including phenoxy) is 1. The molecule has 1 saturated heterocycles. The zero-order valence-electron chi connectivity index (χ0n) is 16.1. The van der Waals surface area contributed by atoms with Crippen molar-refractivity contribution in [1.29, 1.82) is 0 Å². The molecule has 1 aliphatic rings. The van der Waals surface area contributed by atoms with Gasteiger partial charge in [-0.2, -0.15) is 0 Å². The summed E-state index contributed by atoms with van der Waals surface area (Å²) in [6, 6.07) is 8.09. The fourth-order valence-corrected chi connectivity index (χ4v) is 3.98. The molecule has 154 valence electrons. The summed E-state index contributed by atoms with van der Waals surface area (Å²) in [5, 5.41) is 16.1. The lowest BCUT2D eigenvalue weighted by molar-refractivity contribution is -0.384. The first kappa shape index (κ1) is 20.8. The Labute approximate surface area is 172 Å². The van der Waals surface area contributed by atoms with Gasteiger partial charge in [-0.1, -0.05) is 13.0 Å². The smallest absolute Gasteiger partial charge is 0.338 e. The highest BCUT2D eigenvalue weighted by atomic mass is 32.1. The van der Waals surface area contributed by atoms with E-state index in [0.717, 1.165) is 30.8 Å². The molecule has 8 nitrogen and oxygen atoms in total. The zero-order valence-corrected chi connectivity index (χ0v) is 16.9. The van der Waals surface area contributed by atoms with E-state index >= 15 is 0 Å². The minimum Gasteiger partial charge on any atom is -0.452 e. The molecule has 1 atom stereocenters. The Morgan fingerprint density at radius 1 is 1.38 bits per heavy atom. The summed E-state index contributed by atoms with van der Waals surface area (Å²) < 4.78 is 5.01. The van der Waals surface area contributed by atoms with Crippen molar-refractivity contribution in [2.75, 3.05) is 24.6 Å². The van der Waals surface area contributed by atoms with Crippen LogP contribution in [0.25, 0.3) is 0 Å². The van der Waals surface area contributed by atoms with Gasteiger partial charge in [0.2, 0.25) is 0 Å². The molecule has 1 amide bonds. The molecular formula is C20H23N3O5S. The summed E-state index contributed by atoms with van der Waals surface area (Å²) in [7, 11) is 0. The van der Waals surface area contributed by atoms with E-state index in [1.165, 1.54) is 23.5 Å². The Bertz CT molecular complexity index is 884. The van der Waals surface area contributed by atoms with Gasteiger partial charge in [0.25, 0.3) is 11.6 Å². The molecule has 29 heavy (non-hydrogen) atoms. The van der Waals surface area contributed by atoms with Crippen LogP contribution in [0.15, 0.2) is 35.7 Å². The quantitative estimate of drug-likeness (QED) is 0.421. The molecule has 1 aromatic heterocycles. The fraction of sp³-hybridized carbons (Fsp3) is 0.400. The van der Waals surface area contributed by atoms with E-state index in [2.05, 4.69) is 12.2 Å². The Morgan fingerprint density at radius 3 is 2.90 bits per heavy atom. The lowest BCUT2D eigenvalue weighted by atomic mass is 9.99. The first-order chi connectivity index (χ1) is 13.9. The predicted molar refractivity (Wildman–Crippen MR) is 110 cm³/mol. The molecular weight excluding hydrogens is 394 g/mol. The van der Waals surface area contributed by atoms with Crippen molar-refractivity contribution < 1.29 is 19.2 Å². The van der Waals surface area contributed by atoms with E-state index < -0.39 is 23.4 Å². The number of carbonyl (C=O) groups excluding carboxylic acids is 2. The average molecular weight is 417 g/mol. The molecule has 2 heterocycles. The summed E-state index contributed by atoms with van der Waals surface area (Å²) in [5.74, 6) is -0.737. The van der Waals surface area contributed by atoms with Crippen molar-refractivity contribution in [1.82, 2.24) is 5.32 Å². The van der Waals surface area contributed by atoms with Gasteiger partial charge < -0.3 is 15.0 Å². The number of rotatable bonds is 7. The maximum absolute atomic E-state index is 12.3. The Hall–Kier alpha value is -2.94. The molecule has 3 rings (SSSR count). The van der Waals surface area contributed by atoms with Gasteiger partial charge in [-0.05, 0) is 42.3 Å². The molecule has 0 unspecified atom stereocenters. The normalized spacial score (nSPS) is 16.3. The van der Waals surface area contributed by atoms with Crippen LogP contribution in [-0.4, -0.2) is 36.5 Å². The second kappa shape index (κ2) is 9.51. The summed E-state index contributed by atoms with van der Waals surface area (Å²) in [6.07, 6.45) is 2.08. The molecule has 0 aliphatic carbocycles. The standard InChI is InChI=1S/C20H23N3O5S/c1-14-4-2-8-22(12-14)17-7-6-15(10-18(17)23(26)27)20(25)28-13-19(24)21-11-16-5-3-9-29-16/h3,5-7,9-10,14H,2,4,8,11-13H2,1H3,(H,21,24)/t14-/m0/s1. The maximum Gasteiger partial charge on any atom is 0.338 e. The minimum absolute atomic E-state index is 0.0524. The third kappa shape index (κ3) is 5.54. The largest absolute Gasteiger partial charge is 0.452 e. The highest BCUT2D eigenvalue weighted by Gasteiger charge is 2.25. The van der Waals surface area contributed by atoms with Crippen LogP contribution in [0.3, 0.4) is 0 Å². The zero-order chi connectivity index (χ0) is 20.8.